The number of anilines is 1. The van der Waals surface area contributed by atoms with Crippen molar-refractivity contribution in [3.8, 4) is 12.1 Å². The molecule has 4 rings (SSSR count). The second-order valence-electron chi connectivity index (χ2n) is 8.47. The molecule has 3 aromatic rings. The second kappa shape index (κ2) is 8.75. The molecule has 6 heteroatoms. The molecule has 0 amide bonds. The van der Waals surface area contributed by atoms with E-state index in [1.54, 1.807) is 17.4 Å². The van der Waals surface area contributed by atoms with Crippen molar-refractivity contribution < 1.29 is 0 Å². The van der Waals surface area contributed by atoms with Crippen molar-refractivity contribution in [3.05, 3.63) is 59.2 Å². The van der Waals surface area contributed by atoms with Gasteiger partial charge in [0.25, 0.3) is 0 Å². The van der Waals surface area contributed by atoms with Crippen LogP contribution < -0.4 is 4.90 Å². The molecule has 0 radical (unpaired) electrons. The molecule has 1 aliphatic rings. The van der Waals surface area contributed by atoms with E-state index in [1.807, 2.05) is 36.0 Å². The molecule has 0 fully saturated rings. The Hall–Kier alpha value is -2.80. The summed E-state index contributed by atoms with van der Waals surface area (Å²) in [7, 11) is 0. The molecule has 4 nitrogen and oxygen atoms in total. The van der Waals surface area contributed by atoms with Gasteiger partial charge in [-0.15, -0.1) is 11.3 Å². The van der Waals surface area contributed by atoms with Gasteiger partial charge in [-0.3, -0.25) is 0 Å². The summed E-state index contributed by atoms with van der Waals surface area (Å²) in [5.41, 5.74) is 4.71. The number of hydrogen-bond acceptors (Lipinski definition) is 6. The molecule has 0 saturated carbocycles. The van der Waals surface area contributed by atoms with E-state index in [0.29, 0.717) is 5.92 Å². The van der Waals surface area contributed by atoms with E-state index in [2.05, 4.69) is 56.0 Å². The van der Waals surface area contributed by atoms with Crippen LogP contribution in [-0.4, -0.2) is 22.8 Å². The highest BCUT2D eigenvalue weighted by molar-refractivity contribution is 8.01. The van der Waals surface area contributed by atoms with Crippen LogP contribution in [0, 0.1) is 22.7 Å². The normalized spacial score (nSPS) is 16.9. The molecular formula is C25H24N4S2. The van der Waals surface area contributed by atoms with E-state index in [0.717, 1.165) is 34.1 Å². The van der Waals surface area contributed by atoms with Gasteiger partial charge in [-0.05, 0) is 67.7 Å². The lowest BCUT2D eigenvalue weighted by Crippen LogP contribution is -2.49. The number of benzene rings is 2. The standard InChI is InChI=1S/C25H24N4S2/c1-17-14-25(2,3)29(10-11-30-24-28-21-6-4-5-7-23(21)31-24)22-9-8-18(13-20(17)22)12-19(15-26)16-27/h4-9,12-13,17H,10-11,14H2,1-3H3. The molecule has 1 aliphatic heterocycles. The number of nitrogens with zero attached hydrogens (tertiary/aromatic N) is 4. The molecule has 1 aromatic heterocycles. The van der Waals surface area contributed by atoms with Crippen molar-refractivity contribution in [2.45, 2.75) is 43.0 Å². The molecule has 1 atom stereocenters. The largest absolute Gasteiger partial charge is 0.365 e. The van der Waals surface area contributed by atoms with Crippen molar-refractivity contribution in [1.29, 1.82) is 10.5 Å². The predicted molar refractivity (Wildman–Crippen MR) is 130 cm³/mol. The second-order valence-corrected chi connectivity index (χ2v) is 10.8. The van der Waals surface area contributed by atoms with E-state index < -0.39 is 0 Å². The summed E-state index contributed by atoms with van der Waals surface area (Å²) < 4.78 is 2.35. The van der Waals surface area contributed by atoms with Crippen molar-refractivity contribution in [2.24, 2.45) is 0 Å². The highest BCUT2D eigenvalue weighted by Gasteiger charge is 2.36. The minimum Gasteiger partial charge on any atom is -0.365 e. The van der Waals surface area contributed by atoms with Crippen LogP contribution >= 0.6 is 23.1 Å². The van der Waals surface area contributed by atoms with E-state index in [4.69, 9.17) is 15.5 Å². The molecule has 156 valence electrons. The maximum Gasteiger partial charge on any atom is 0.151 e. The third kappa shape index (κ3) is 4.46. The number of thioether (sulfide) groups is 1. The summed E-state index contributed by atoms with van der Waals surface area (Å²) in [6, 6.07) is 18.5. The Morgan fingerprint density at radius 2 is 2.03 bits per heavy atom. The van der Waals surface area contributed by atoms with Crippen molar-refractivity contribution in [3.63, 3.8) is 0 Å². The first-order valence-corrected chi connectivity index (χ1v) is 12.1. The quantitative estimate of drug-likeness (QED) is 0.327. The zero-order chi connectivity index (χ0) is 22.0. The highest BCUT2D eigenvalue weighted by atomic mass is 32.2. The van der Waals surface area contributed by atoms with Crippen LogP contribution in [0.3, 0.4) is 0 Å². The van der Waals surface area contributed by atoms with E-state index in [9.17, 15) is 0 Å². The summed E-state index contributed by atoms with van der Waals surface area (Å²) in [5.74, 6) is 1.38. The molecule has 0 saturated heterocycles. The fourth-order valence-electron chi connectivity index (χ4n) is 4.42. The van der Waals surface area contributed by atoms with Crippen LogP contribution in [0.5, 0.6) is 0 Å². The molecular weight excluding hydrogens is 420 g/mol. The summed E-state index contributed by atoms with van der Waals surface area (Å²) in [4.78, 5) is 7.25. The first kappa shape index (κ1) is 21.4. The van der Waals surface area contributed by atoms with Gasteiger partial charge in [-0.25, -0.2) is 4.98 Å². The zero-order valence-corrected chi connectivity index (χ0v) is 19.6. The van der Waals surface area contributed by atoms with Gasteiger partial charge in [-0.2, -0.15) is 10.5 Å². The third-order valence-corrected chi connectivity index (χ3v) is 7.94. The fraction of sp³-hybridized carbons (Fsp3) is 0.320. The zero-order valence-electron chi connectivity index (χ0n) is 17.9. The first-order chi connectivity index (χ1) is 14.9. The van der Waals surface area contributed by atoms with Gasteiger partial charge in [0.15, 0.2) is 4.34 Å². The van der Waals surface area contributed by atoms with Crippen LogP contribution in [0.15, 0.2) is 52.4 Å². The lowest BCUT2D eigenvalue weighted by molar-refractivity contribution is 0.382. The summed E-state index contributed by atoms with van der Waals surface area (Å²) in [6.07, 6.45) is 2.72. The SMILES string of the molecule is CC1CC(C)(C)N(CCSc2nc3ccccc3s2)c2ccc(C=C(C#N)C#N)cc21. The van der Waals surface area contributed by atoms with Gasteiger partial charge in [0.2, 0.25) is 0 Å². The van der Waals surface area contributed by atoms with Crippen LogP contribution in [0.2, 0.25) is 0 Å². The monoisotopic (exact) mass is 444 g/mol. The smallest absolute Gasteiger partial charge is 0.151 e. The molecule has 0 aliphatic carbocycles. The number of nitriles is 2. The number of fused-ring (bicyclic) bond motifs is 2. The minimum atomic E-state index is 0.0579. The predicted octanol–water partition coefficient (Wildman–Crippen LogP) is 6.61. The maximum atomic E-state index is 9.07. The lowest BCUT2D eigenvalue weighted by Gasteiger charge is -2.47. The average Bonchev–Trinajstić information content (AvgIpc) is 3.17. The van der Waals surface area contributed by atoms with E-state index in [1.165, 1.54) is 16.0 Å². The first-order valence-electron chi connectivity index (χ1n) is 10.3. The number of para-hydroxylation sites is 1. The third-order valence-electron chi connectivity index (χ3n) is 5.78. The average molecular weight is 445 g/mol. The number of rotatable bonds is 5. The Labute approximate surface area is 191 Å². The number of allylic oxidation sites excluding steroid dienone is 1. The van der Waals surface area contributed by atoms with Crippen LogP contribution in [0.1, 0.15) is 44.2 Å². The van der Waals surface area contributed by atoms with E-state index >= 15 is 0 Å². The Kier molecular flexibility index (Phi) is 6.05. The molecule has 1 unspecified atom stereocenters. The van der Waals surface area contributed by atoms with E-state index in [-0.39, 0.29) is 11.1 Å². The van der Waals surface area contributed by atoms with Gasteiger partial charge in [0, 0.05) is 23.5 Å². The van der Waals surface area contributed by atoms with Crippen molar-refractivity contribution in [2.75, 3.05) is 17.2 Å². The topological polar surface area (TPSA) is 63.7 Å². The molecule has 0 N–H and O–H groups in total. The Morgan fingerprint density at radius 1 is 1.26 bits per heavy atom. The number of hydrogen-bond donors (Lipinski definition) is 0. The van der Waals surface area contributed by atoms with Gasteiger partial charge >= 0.3 is 0 Å². The highest BCUT2D eigenvalue weighted by Crippen LogP contribution is 2.44. The lowest BCUT2D eigenvalue weighted by atomic mass is 9.79. The van der Waals surface area contributed by atoms with Gasteiger partial charge in [-0.1, -0.05) is 36.9 Å². The van der Waals surface area contributed by atoms with Crippen molar-refractivity contribution >= 4 is 45.1 Å². The summed E-state index contributed by atoms with van der Waals surface area (Å²) in [6.45, 7) is 7.82. The number of aromatic nitrogens is 1. The van der Waals surface area contributed by atoms with Crippen LogP contribution in [0.25, 0.3) is 16.3 Å². The Bertz CT molecular complexity index is 1180. The molecule has 0 spiro atoms. The van der Waals surface area contributed by atoms with Gasteiger partial charge in [0.1, 0.15) is 17.7 Å². The van der Waals surface area contributed by atoms with Gasteiger partial charge in [0.05, 0.1) is 10.2 Å². The Morgan fingerprint density at radius 3 is 2.77 bits per heavy atom. The maximum absolute atomic E-state index is 9.07. The van der Waals surface area contributed by atoms with Crippen LogP contribution in [0.4, 0.5) is 5.69 Å². The molecule has 2 aromatic carbocycles. The summed E-state index contributed by atoms with van der Waals surface area (Å²) in [5, 5.41) is 18.1. The molecule has 31 heavy (non-hydrogen) atoms. The molecule has 2 heterocycles. The minimum absolute atomic E-state index is 0.0579. The van der Waals surface area contributed by atoms with Crippen molar-refractivity contribution in [1.82, 2.24) is 4.98 Å². The summed E-state index contributed by atoms with van der Waals surface area (Å²) >= 11 is 3.57. The Balaban J connectivity index is 1.55. The number of thiazole rings is 1. The fourth-order valence-corrected chi connectivity index (χ4v) is 6.48. The van der Waals surface area contributed by atoms with Crippen LogP contribution in [-0.2, 0) is 0 Å². The van der Waals surface area contributed by atoms with Gasteiger partial charge < -0.3 is 4.90 Å². The molecule has 0 bridgehead atoms.